The van der Waals surface area contributed by atoms with Crippen molar-refractivity contribution in [2.75, 3.05) is 0 Å². The molecule has 0 aliphatic carbocycles. The normalized spacial score (nSPS) is 11.4. The lowest BCUT2D eigenvalue weighted by Gasteiger charge is -2.15. The van der Waals surface area contributed by atoms with Gasteiger partial charge in [-0.1, -0.05) is 84.9 Å². The molecule has 6 heteroatoms. The van der Waals surface area contributed by atoms with Crippen LogP contribution in [-0.4, -0.2) is 29.1 Å². The molecule has 0 aliphatic rings. The molecule has 4 aromatic carbocycles. The highest BCUT2D eigenvalue weighted by molar-refractivity contribution is 5.90. The van der Waals surface area contributed by atoms with E-state index in [-0.39, 0.29) is 0 Å². The van der Waals surface area contributed by atoms with E-state index in [4.69, 9.17) is 19.9 Å². The Hall–Kier alpha value is -5.88. The first-order chi connectivity index (χ1) is 21.8. The van der Waals surface area contributed by atoms with Crippen molar-refractivity contribution in [2.45, 2.75) is 13.1 Å². The molecular formula is C38H28N6. The third kappa shape index (κ3) is 4.63. The lowest BCUT2D eigenvalue weighted by atomic mass is 10.0. The summed E-state index contributed by atoms with van der Waals surface area (Å²) < 4.78 is 4.55. The molecule has 44 heavy (non-hydrogen) atoms. The number of aromatic nitrogens is 6. The van der Waals surface area contributed by atoms with Crippen molar-refractivity contribution < 1.29 is 0 Å². The minimum Gasteiger partial charge on any atom is -0.319 e. The van der Waals surface area contributed by atoms with Gasteiger partial charge < -0.3 is 9.13 Å². The summed E-state index contributed by atoms with van der Waals surface area (Å²) >= 11 is 0. The molecule has 6 nitrogen and oxygen atoms in total. The summed E-state index contributed by atoms with van der Waals surface area (Å²) in [5, 5.41) is 0. The molecule has 4 heterocycles. The lowest BCUT2D eigenvalue weighted by molar-refractivity contribution is 0.832. The first kappa shape index (κ1) is 25.8. The zero-order valence-electron chi connectivity index (χ0n) is 24.0. The Bertz CT molecular complexity index is 2070. The molecule has 0 bridgehead atoms. The summed E-state index contributed by atoms with van der Waals surface area (Å²) in [5.74, 6) is 1.71. The Labute approximate surface area is 255 Å². The highest BCUT2D eigenvalue weighted by Gasteiger charge is 2.23. The van der Waals surface area contributed by atoms with Gasteiger partial charge in [0, 0.05) is 36.6 Å². The minimum absolute atomic E-state index is 0.687. The Morgan fingerprint density at radius 2 is 0.818 bits per heavy atom. The molecule has 0 N–H and O–H groups in total. The standard InChI is InChI=1S/C38H28N6/c1-3-13-27(14-4-1)25-43-33-21-9-7-19-31(33)41-37(43)29-17-11-23-39-35(29)36-30(18-12-24-40-36)38-42-32-20-8-10-22-34(32)44(38)26-28-15-5-2-6-16-28/h1-24H,25-26H2. The fraction of sp³-hybridized carbons (Fsp3) is 0.0526. The van der Waals surface area contributed by atoms with E-state index in [0.717, 1.165) is 56.2 Å². The number of rotatable bonds is 7. The fourth-order valence-electron chi connectivity index (χ4n) is 5.96. The van der Waals surface area contributed by atoms with Crippen LogP contribution in [0.1, 0.15) is 11.1 Å². The Morgan fingerprint density at radius 3 is 1.27 bits per heavy atom. The van der Waals surface area contributed by atoms with E-state index >= 15 is 0 Å². The molecule has 0 saturated heterocycles. The van der Waals surface area contributed by atoms with Gasteiger partial charge in [-0.2, -0.15) is 0 Å². The predicted octanol–water partition coefficient (Wildman–Crippen LogP) is 8.27. The number of imidazole rings is 2. The first-order valence-corrected chi connectivity index (χ1v) is 14.7. The number of benzene rings is 4. The van der Waals surface area contributed by atoms with E-state index in [2.05, 4.69) is 106 Å². The van der Waals surface area contributed by atoms with Gasteiger partial charge in [0.25, 0.3) is 0 Å². The van der Waals surface area contributed by atoms with Crippen LogP contribution in [0.15, 0.2) is 146 Å². The summed E-state index contributed by atoms with van der Waals surface area (Å²) in [4.78, 5) is 20.2. The monoisotopic (exact) mass is 568 g/mol. The van der Waals surface area contributed by atoms with Crippen LogP contribution in [0, 0.1) is 0 Å². The molecule has 0 unspecified atom stereocenters. The summed E-state index contributed by atoms with van der Waals surface area (Å²) in [6, 6.07) is 45.7. The number of para-hydroxylation sites is 4. The third-order valence-corrected chi connectivity index (χ3v) is 8.00. The van der Waals surface area contributed by atoms with Crippen LogP contribution in [0.25, 0.3) is 56.2 Å². The molecule has 8 rings (SSSR count). The molecule has 8 aromatic rings. The predicted molar refractivity (Wildman–Crippen MR) is 176 cm³/mol. The quantitative estimate of drug-likeness (QED) is 0.194. The molecular weight excluding hydrogens is 540 g/mol. The van der Waals surface area contributed by atoms with Crippen molar-refractivity contribution in [3.8, 4) is 34.2 Å². The molecule has 210 valence electrons. The van der Waals surface area contributed by atoms with Crippen LogP contribution >= 0.6 is 0 Å². The van der Waals surface area contributed by atoms with Crippen molar-refractivity contribution in [1.82, 2.24) is 29.1 Å². The summed E-state index contributed by atoms with van der Waals surface area (Å²) in [5.41, 5.74) is 9.83. The number of nitrogens with zero attached hydrogens (tertiary/aromatic N) is 6. The Morgan fingerprint density at radius 1 is 0.409 bits per heavy atom. The van der Waals surface area contributed by atoms with E-state index in [1.54, 1.807) is 0 Å². The van der Waals surface area contributed by atoms with Crippen LogP contribution in [0.4, 0.5) is 0 Å². The van der Waals surface area contributed by atoms with Crippen LogP contribution < -0.4 is 0 Å². The molecule has 0 amide bonds. The highest BCUT2D eigenvalue weighted by Crippen LogP contribution is 2.37. The zero-order valence-corrected chi connectivity index (χ0v) is 24.0. The molecule has 0 saturated carbocycles. The second-order valence-corrected chi connectivity index (χ2v) is 10.8. The highest BCUT2D eigenvalue weighted by atomic mass is 15.1. The number of hydrogen-bond donors (Lipinski definition) is 0. The van der Waals surface area contributed by atoms with E-state index in [0.29, 0.717) is 13.1 Å². The fourth-order valence-corrected chi connectivity index (χ4v) is 5.96. The maximum atomic E-state index is 5.15. The topological polar surface area (TPSA) is 61.4 Å². The van der Waals surface area contributed by atoms with E-state index in [1.807, 2.05) is 48.8 Å². The van der Waals surface area contributed by atoms with Crippen molar-refractivity contribution >= 4 is 22.1 Å². The van der Waals surface area contributed by atoms with E-state index in [9.17, 15) is 0 Å². The summed E-state index contributed by atoms with van der Waals surface area (Å²) in [7, 11) is 0. The lowest BCUT2D eigenvalue weighted by Crippen LogP contribution is -2.06. The van der Waals surface area contributed by atoms with Crippen molar-refractivity contribution in [3.63, 3.8) is 0 Å². The Kier molecular flexibility index (Phi) is 6.50. The summed E-state index contributed by atoms with van der Waals surface area (Å²) in [6.45, 7) is 1.37. The van der Waals surface area contributed by atoms with Crippen LogP contribution in [0.5, 0.6) is 0 Å². The van der Waals surface area contributed by atoms with Gasteiger partial charge in [-0.25, -0.2) is 9.97 Å². The van der Waals surface area contributed by atoms with Gasteiger partial charge in [0.05, 0.1) is 22.1 Å². The molecule has 0 spiro atoms. The zero-order chi connectivity index (χ0) is 29.3. The second kappa shape index (κ2) is 11.1. The van der Waals surface area contributed by atoms with Gasteiger partial charge in [0.1, 0.15) is 23.0 Å². The molecule has 0 atom stereocenters. The van der Waals surface area contributed by atoms with Gasteiger partial charge in [-0.3, -0.25) is 9.97 Å². The van der Waals surface area contributed by atoms with Crippen LogP contribution in [0.3, 0.4) is 0 Å². The number of pyridine rings is 2. The van der Waals surface area contributed by atoms with Crippen molar-refractivity contribution in [3.05, 3.63) is 157 Å². The number of fused-ring (bicyclic) bond motifs is 2. The molecule has 0 fully saturated rings. The number of hydrogen-bond acceptors (Lipinski definition) is 4. The summed E-state index contributed by atoms with van der Waals surface area (Å²) in [6.07, 6.45) is 3.66. The smallest absolute Gasteiger partial charge is 0.143 e. The van der Waals surface area contributed by atoms with Crippen molar-refractivity contribution in [2.24, 2.45) is 0 Å². The SMILES string of the molecule is c1ccc(Cn2c(-c3cccnc3-c3ncccc3-c3nc4ccccc4n3Cc3ccccc3)nc3ccccc32)cc1. The first-order valence-electron chi connectivity index (χ1n) is 14.7. The molecule has 0 aliphatic heterocycles. The van der Waals surface area contributed by atoms with Gasteiger partial charge >= 0.3 is 0 Å². The van der Waals surface area contributed by atoms with Crippen molar-refractivity contribution in [1.29, 1.82) is 0 Å². The second-order valence-electron chi connectivity index (χ2n) is 10.8. The Balaban J connectivity index is 1.33. The van der Waals surface area contributed by atoms with Gasteiger partial charge in [0.2, 0.25) is 0 Å². The van der Waals surface area contributed by atoms with Crippen LogP contribution in [0.2, 0.25) is 0 Å². The van der Waals surface area contributed by atoms with Crippen LogP contribution in [-0.2, 0) is 13.1 Å². The molecule has 4 aromatic heterocycles. The van der Waals surface area contributed by atoms with E-state index < -0.39 is 0 Å². The largest absolute Gasteiger partial charge is 0.319 e. The average molecular weight is 569 g/mol. The third-order valence-electron chi connectivity index (χ3n) is 8.00. The van der Waals surface area contributed by atoms with Gasteiger partial charge in [0.15, 0.2) is 0 Å². The minimum atomic E-state index is 0.687. The molecule has 0 radical (unpaired) electrons. The van der Waals surface area contributed by atoms with Gasteiger partial charge in [-0.15, -0.1) is 0 Å². The maximum Gasteiger partial charge on any atom is 0.143 e. The van der Waals surface area contributed by atoms with Gasteiger partial charge in [-0.05, 0) is 59.7 Å². The maximum absolute atomic E-state index is 5.15. The average Bonchev–Trinajstić information content (AvgIpc) is 3.64. The van der Waals surface area contributed by atoms with E-state index in [1.165, 1.54) is 11.1 Å².